The van der Waals surface area contributed by atoms with Gasteiger partial charge in [-0.15, -0.1) is 0 Å². The Kier molecular flexibility index (Phi) is 3.68. The van der Waals surface area contributed by atoms with Crippen molar-refractivity contribution in [3.63, 3.8) is 0 Å². The first-order valence-corrected chi connectivity index (χ1v) is 9.20. The van der Waals surface area contributed by atoms with Gasteiger partial charge in [-0.05, 0) is 40.6 Å². The van der Waals surface area contributed by atoms with Gasteiger partial charge in [0.2, 0.25) is 0 Å². The van der Waals surface area contributed by atoms with Gasteiger partial charge in [-0.1, -0.05) is 60.7 Å². The number of aromatic nitrogens is 1. The number of fused-ring (bicyclic) bond motifs is 5. The van der Waals surface area contributed by atoms with Crippen molar-refractivity contribution in [1.29, 1.82) is 0 Å². The van der Waals surface area contributed by atoms with Crippen molar-refractivity contribution in [3.8, 4) is 11.3 Å². The van der Waals surface area contributed by atoms with E-state index < -0.39 is 0 Å². The Morgan fingerprint density at radius 3 is 2.52 bits per heavy atom. The molecule has 1 N–H and O–H groups in total. The van der Waals surface area contributed by atoms with Crippen molar-refractivity contribution in [2.75, 3.05) is 12.4 Å². The molecule has 1 unspecified atom stereocenters. The van der Waals surface area contributed by atoms with E-state index in [9.17, 15) is 4.39 Å². The molecule has 1 heterocycles. The smallest absolute Gasteiger partial charge is 0.134 e. The monoisotopic (exact) mass is 354 g/mol. The van der Waals surface area contributed by atoms with Crippen LogP contribution in [0.3, 0.4) is 0 Å². The molecular formula is C24H19FN2. The second kappa shape index (κ2) is 6.20. The highest BCUT2D eigenvalue weighted by molar-refractivity contribution is 5.99. The Morgan fingerprint density at radius 1 is 0.926 bits per heavy atom. The molecule has 4 aromatic rings. The summed E-state index contributed by atoms with van der Waals surface area (Å²) < 4.78 is 14.0. The number of hydrogen-bond acceptors (Lipinski definition) is 2. The SMILES string of the molecule is CNc1nc2c(c3ccccc13)C(c1cccc(F)c1)Cc1ccccc1-2. The van der Waals surface area contributed by atoms with E-state index in [4.69, 9.17) is 4.98 Å². The number of benzene rings is 3. The molecule has 132 valence electrons. The van der Waals surface area contributed by atoms with Crippen molar-refractivity contribution >= 4 is 16.6 Å². The van der Waals surface area contributed by atoms with Gasteiger partial charge in [-0.25, -0.2) is 9.37 Å². The van der Waals surface area contributed by atoms with Gasteiger partial charge in [-0.2, -0.15) is 0 Å². The minimum atomic E-state index is -0.197. The van der Waals surface area contributed by atoms with Crippen LogP contribution in [0.15, 0.2) is 72.8 Å². The normalized spacial score (nSPS) is 15.3. The first kappa shape index (κ1) is 16.0. The van der Waals surface area contributed by atoms with E-state index >= 15 is 0 Å². The summed E-state index contributed by atoms with van der Waals surface area (Å²) in [5, 5.41) is 5.52. The number of anilines is 1. The molecule has 1 aliphatic carbocycles. The second-order valence-corrected chi connectivity index (χ2v) is 6.99. The molecule has 27 heavy (non-hydrogen) atoms. The van der Waals surface area contributed by atoms with Crippen molar-refractivity contribution in [1.82, 2.24) is 4.98 Å². The van der Waals surface area contributed by atoms with E-state index in [1.165, 1.54) is 28.1 Å². The van der Waals surface area contributed by atoms with Crippen LogP contribution in [-0.2, 0) is 6.42 Å². The zero-order chi connectivity index (χ0) is 18.4. The van der Waals surface area contributed by atoms with Crippen molar-refractivity contribution in [2.24, 2.45) is 0 Å². The van der Waals surface area contributed by atoms with Crippen LogP contribution in [0.25, 0.3) is 22.0 Å². The average Bonchev–Trinajstić information content (AvgIpc) is 2.72. The van der Waals surface area contributed by atoms with Gasteiger partial charge in [0.05, 0.1) is 5.69 Å². The van der Waals surface area contributed by atoms with E-state index in [2.05, 4.69) is 47.8 Å². The zero-order valence-electron chi connectivity index (χ0n) is 15.0. The van der Waals surface area contributed by atoms with Crippen LogP contribution in [-0.4, -0.2) is 12.0 Å². The third kappa shape index (κ3) is 2.50. The maximum atomic E-state index is 14.0. The fourth-order valence-corrected chi connectivity index (χ4v) is 4.29. The molecule has 0 spiro atoms. The topological polar surface area (TPSA) is 24.9 Å². The fraction of sp³-hybridized carbons (Fsp3) is 0.125. The Hall–Kier alpha value is -3.20. The Balaban J connectivity index is 1.88. The molecule has 1 aromatic heterocycles. The highest BCUT2D eigenvalue weighted by atomic mass is 19.1. The summed E-state index contributed by atoms with van der Waals surface area (Å²) in [5.41, 5.74) is 5.60. The molecule has 0 bridgehead atoms. The maximum Gasteiger partial charge on any atom is 0.134 e. The van der Waals surface area contributed by atoms with Crippen LogP contribution < -0.4 is 5.32 Å². The Morgan fingerprint density at radius 2 is 1.70 bits per heavy atom. The molecule has 1 aliphatic rings. The molecule has 0 amide bonds. The number of nitrogens with zero attached hydrogens (tertiary/aromatic N) is 1. The van der Waals surface area contributed by atoms with E-state index in [1.807, 2.05) is 19.2 Å². The lowest BCUT2D eigenvalue weighted by Gasteiger charge is -2.29. The predicted molar refractivity (Wildman–Crippen MR) is 109 cm³/mol. The Labute approximate surface area is 157 Å². The highest BCUT2D eigenvalue weighted by Gasteiger charge is 2.29. The summed E-state index contributed by atoms with van der Waals surface area (Å²) in [6.07, 6.45) is 0.844. The number of halogens is 1. The van der Waals surface area contributed by atoms with Crippen LogP contribution >= 0.6 is 0 Å². The lowest BCUT2D eigenvalue weighted by atomic mass is 9.76. The van der Waals surface area contributed by atoms with Crippen LogP contribution in [0.4, 0.5) is 10.2 Å². The van der Waals surface area contributed by atoms with Gasteiger partial charge in [0.15, 0.2) is 0 Å². The lowest BCUT2D eigenvalue weighted by Crippen LogP contribution is -2.15. The van der Waals surface area contributed by atoms with Gasteiger partial charge in [0.25, 0.3) is 0 Å². The number of hydrogen-bond donors (Lipinski definition) is 1. The highest BCUT2D eigenvalue weighted by Crippen LogP contribution is 2.46. The summed E-state index contributed by atoms with van der Waals surface area (Å²) in [6.45, 7) is 0. The summed E-state index contributed by atoms with van der Waals surface area (Å²) in [5.74, 6) is 0.755. The predicted octanol–water partition coefficient (Wildman–Crippen LogP) is 5.77. The quantitative estimate of drug-likeness (QED) is 0.494. The van der Waals surface area contributed by atoms with E-state index in [0.29, 0.717) is 0 Å². The molecule has 5 rings (SSSR count). The van der Waals surface area contributed by atoms with Crippen molar-refractivity contribution in [2.45, 2.75) is 12.3 Å². The van der Waals surface area contributed by atoms with Gasteiger partial charge < -0.3 is 5.32 Å². The molecule has 0 fully saturated rings. The summed E-state index contributed by atoms with van der Waals surface area (Å²) in [4.78, 5) is 4.99. The van der Waals surface area contributed by atoms with E-state index in [-0.39, 0.29) is 11.7 Å². The maximum absolute atomic E-state index is 14.0. The standard InChI is InChI=1S/C24H19FN2/c1-26-24-20-12-5-4-11-19(20)22-21(15-8-6-9-17(25)13-15)14-16-7-2-3-10-18(16)23(22)27-24/h2-13,21H,14H2,1H3,(H,26,27). The van der Waals surface area contributed by atoms with Gasteiger partial charge >= 0.3 is 0 Å². The molecule has 0 saturated carbocycles. The average molecular weight is 354 g/mol. The fourth-order valence-electron chi connectivity index (χ4n) is 4.29. The minimum Gasteiger partial charge on any atom is -0.373 e. The van der Waals surface area contributed by atoms with Crippen LogP contribution in [0.5, 0.6) is 0 Å². The van der Waals surface area contributed by atoms with Gasteiger partial charge in [0, 0.05) is 23.9 Å². The Bertz CT molecular complexity index is 1170. The molecule has 3 heteroatoms. The van der Waals surface area contributed by atoms with Gasteiger partial charge in [0.1, 0.15) is 11.6 Å². The summed E-state index contributed by atoms with van der Waals surface area (Å²) >= 11 is 0. The molecule has 1 atom stereocenters. The molecule has 0 saturated heterocycles. The molecule has 3 aromatic carbocycles. The zero-order valence-corrected chi connectivity index (χ0v) is 15.0. The van der Waals surface area contributed by atoms with Crippen LogP contribution in [0.1, 0.15) is 22.6 Å². The number of pyridine rings is 1. The molecular weight excluding hydrogens is 335 g/mol. The first-order chi connectivity index (χ1) is 13.3. The van der Waals surface area contributed by atoms with Gasteiger partial charge in [-0.3, -0.25) is 0 Å². The largest absolute Gasteiger partial charge is 0.373 e. The second-order valence-electron chi connectivity index (χ2n) is 6.99. The third-order valence-electron chi connectivity index (χ3n) is 5.48. The number of nitrogens with one attached hydrogen (secondary N) is 1. The summed E-state index contributed by atoms with van der Waals surface area (Å²) in [7, 11) is 1.90. The lowest BCUT2D eigenvalue weighted by molar-refractivity contribution is 0.622. The van der Waals surface area contributed by atoms with E-state index in [0.717, 1.165) is 28.9 Å². The first-order valence-electron chi connectivity index (χ1n) is 9.20. The summed E-state index contributed by atoms with van der Waals surface area (Å²) in [6, 6.07) is 23.7. The third-order valence-corrected chi connectivity index (χ3v) is 5.48. The van der Waals surface area contributed by atoms with Crippen LogP contribution in [0, 0.1) is 5.82 Å². The van der Waals surface area contributed by atoms with E-state index in [1.54, 1.807) is 12.1 Å². The minimum absolute atomic E-state index is 0.0777. The molecule has 0 aliphatic heterocycles. The number of rotatable bonds is 2. The van der Waals surface area contributed by atoms with Crippen molar-refractivity contribution in [3.05, 3.63) is 95.3 Å². The van der Waals surface area contributed by atoms with Crippen molar-refractivity contribution < 1.29 is 4.39 Å². The van der Waals surface area contributed by atoms with Crippen LogP contribution in [0.2, 0.25) is 0 Å². The molecule has 0 radical (unpaired) electrons. The molecule has 2 nitrogen and oxygen atoms in total.